The van der Waals surface area contributed by atoms with Crippen molar-refractivity contribution in [3.05, 3.63) is 170 Å². The van der Waals surface area contributed by atoms with Crippen LogP contribution < -0.4 is 5.73 Å². The van der Waals surface area contributed by atoms with Gasteiger partial charge < -0.3 is 20.1 Å². The van der Waals surface area contributed by atoms with Crippen LogP contribution in [-0.2, 0) is 32.7 Å². The zero-order valence-electron chi connectivity index (χ0n) is 52.4. The molecule has 0 saturated carbocycles. The molecule has 0 spiro atoms. The number of hydrogen-bond donors (Lipinski definition) is 2. The number of ether oxygens (including phenoxy) is 2. The third-order valence-electron chi connectivity index (χ3n) is 13.1. The van der Waals surface area contributed by atoms with Crippen molar-refractivity contribution in [1.29, 1.82) is 0 Å². The number of carbonyl (C=O) groups excluding carboxylic acids is 2. The van der Waals surface area contributed by atoms with E-state index in [4.69, 9.17) is 24.3 Å². The van der Waals surface area contributed by atoms with Gasteiger partial charge in [-0.1, -0.05) is 274 Å². The van der Waals surface area contributed by atoms with Gasteiger partial charge in [0.05, 0.1) is 13.2 Å². The first kappa shape index (κ1) is 78.4. The van der Waals surface area contributed by atoms with E-state index in [9.17, 15) is 19.0 Å². The predicted molar refractivity (Wildman–Crippen MR) is 357 cm³/mol. The molecule has 2 atom stereocenters. The molecule has 0 aromatic rings. The van der Waals surface area contributed by atoms with Crippen molar-refractivity contribution in [1.82, 2.24) is 0 Å². The van der Waals surface area contributed by atoms with Crippen molar-refractivity contribution in [3.63, 3.8) is 0 Å². The van der Waals surface area contributed by atoms with Crippen LogP contribution in [0, 0.1) is 0 Å². The molecule has 83 heavy (non-hydrogen) atoms. The van der Waals surface area contributed by atoms with E-state index >= 15 is 0 Å². The minimum Gasteiger partial charge on any atom is -0.462 e. The van der Waals surface area contributed by atoms with Crippen LogP contribution in [-0.4, -0.2) is 49.3 Å². The van der Waals surface area contributed by atoms with E-state index in [1.54, 1.807) is 0 Å². The lowest BCUT2D eigenvalue weighted by Crippen LogP contribution is -2.29. The molecule has 0 aliphatic carbocycles. The summed E-state index contributed by atoms with van der Waals surface area (Å²) in [5.41, 5.74) is 5.39. The Kier molecular flexibility index (Phi) is 62.8. The standard InChI is InChI=1S/C73H118NO8P/c1-3-5-7-9-11-13-15-17-19-21-23-25-27-28-29-30-31-32-33-34-35-36-37-38-39-40-41-42-44-46-48-50-52-54-56-58-60-62-64-66-73(76)82-71(70-81-83(77,78)80-68-67-74)69-79-72(75)65-63-61-59-57-55-53-51-49-47-45-43-26-24-22-20-18-16-14-12-10-8-6-4-2/h5-8,11-14,17-20,23-26,28-29,31-32,34-35,37-38,40-41,45,47,71H,3-4,9-10,15-16,21-22,27,30,33,36,39,42-44,46,48-70,74H2,1-2H3,(H,77,78)/b7-5-,8-6-,13-11-,14-12-,19-17-,20-18-,25-23-,26-24-,29-28-,32-31-,35-34-,38-37-,41-40-,47-45-. The fraction of sp³-hybridized carbons (Fsp3) is 0.589. The molecule has 10 heteroatoms. The monoisotopic (exact) mass is 1170 g/mol. The first-order valence-electron chi connectivity index (χ1n) is 32.6. The second kappa shape index (κ2) is 66.5. The Balaban J connectivity index is 3.99. The van der Waals surface area contributed by atoms with E-state index in [2.05, 4.69) is 184 Å². The van der Waals surface area contributed by atoms with Crippen LogP contribution in [0.5, 0.6) is 0 Å². The van der Waals surface area contributed by atoms with Crippen molar-refractivity contribution in [2.75, 3.05) is 26.4 Å². The third-order valence-corrected chi connectivity index (χ3v) is 14.1. The quantitative estimate of drug-likeness (QED) is 0.0264. The maximum Gasteiger partial charge on any atom is 0.472 e. The molecule has 0 heterocycles. The third kappa shape index (κ3) is 66.4. The van der Waals surface area contributed by atoms with E-state index in [0.717, 1.165) is 141 Å². The molecule has 0 radical (unpaired) electrons. The summed E-state index contributed by atoms with van der Waals surface area (Å²) in [7, 11) is -4.41. The molecule has 0 amide bonds. The highest BCUT2D eigenvalue weighted by Gasteiger charge is 2.26. The smallest absolute Gasteiger partial charge is 0.462 e. The molecule has 0 bridgehead atoms. The fourth-order valence-electron chi connectivity index (χ4n) is 8.36. The summed E-state index contributed by atoms with van der Waals surface area (Å²) in [6.45, 7) is 3.49. The highest BCUT2D eigenvalue weighted by atomic mass is 31.2. The topological polar surface area (TPSA) is 134 Å². The van der Waals surface area contributed by atoms with Gasteiger partial charge >= 0.3 is 19.8 Å². The lowest BCUT2D eigenvalue weighted by atomic mass is 10.0. The second-order valence-electron chi connectivity index (χ2n) is 20.9. The van der Waals surface area contributed by atoms with Crippen LogP contribution >= 0.6 is 7.82 Å². The molecule has 0 aromatic carbocycles. The van der Waals surface area contributed by atoms with E-state index in [1.807, 2.05) is 0 Å². The van der Waals surface area contributed by atoms with Gasteiger partial charge in [0, 0.05) is 19.4 Å². The van der Waals surface area contributed by atoms with E-state index in [0.29, 0.717) is 12.8 Å². The summed E-state index contributed by atoms with van der Waals surface area (Å²) < 4.78 is 33.1. The van der Waals surface area contributed by atoms with E-state index < -0.39 is 32.5 Å². The molecule has 0 fully saturated rings. The normalized spacial score (nSPS) is 14.1. The molecule has 9 nitrogen and oxygen atoms in total. The summed E-state index contributed by atoms with van der Waals surface area (Å²) in [5.74, 6) is -0.853. The van der Waals surface area contributed by atoms with Gasteiger partial charge in [-0.15, -0.1) is 0 Å². The largest absolute Gasteiger partial charge is 0.472 e. The van der Waals surface area contributed by atoms with Crippen molar-refractivity contribution in [2.24, 2.45) is 5.73 Å². The molecule has 2 unspecified atom stereocenters. The SMILES string of the molecule is CC/C=C\C/C=C\C/C=C\C/C=C\C/C=C\C/C=C\C/C=C\C/C=C\C/C=C\CCCCCCCCCCCCCC(=O)OC(COC(=O)CCCCCCCCC/C=C\C/C=C\C/C=C\C/C=C\C/C=C\CC)COP(=O)(O)OCCN. The molecule has 0 aliphatic rings. The van der Waals surface area contributed by atoms with Crippen molar-refractivity contribution < 1.29 is 37.6 Å². The van der Waals surface area contributed by atoms with Gasteiger partial charge in [0.15, 0.2) is 6.10 Å². The highest BCUT2D eigenvalue weighted by molar-refractivity contribution is 7.47. The summed E-state index contributed by atoms with van der Waals surface area (Å²) in [5, 5.41) is 0. The first-order valence-corrected chi connectivity index (χ1v) is 34.1. The fourth-order valence-corrected chi connectivity index (χ4v) is 9.13. The molecule has 3 N–H and O–H groups in total. The van der Waals surface area contributed by atoms with Gasteiger partial charge in [-0.3, -0.25) is 18.6 Å². The zero-order chi connectivity index (χ0) is 60.1. The number of carbonyl (C=O) groups is 2. The Morgan fingerprint density at radius 3 is 0.928 bits per heavy atom. The van der Waals surface area contributed by atoms with Gasteiger partial charge in [-0.2, -0.15) is 0 Å². The Bertz CT molecular complexity index is 1960. The number of hydrogen-bond acceptors (Lipinski definition) is 8. The lowest BCUT2D eigenvalue weighted by Gasteiger charge is -2.19. The summed E-state index contributed by atoms with van der Waals surface area (Å²) in [4.78, 5) is 35.3. The van der Waals surface area contributed by atoms with Crippen LogP contribution in [0.15, 0.2) is 170 Å². The average molecular weight is 1170 g/mol. The zero-order valence-corrected chi connectivity index (χ0v) is 53.3. The molecule has 468 valence electrons. The molecule has 0 saturated heterocycles. The number of phosphoric ester groups is 1. The predicted octanol–water partition coefficient (Wildman–Crippen LogP) is 21.4. The van der Waals surface area contributed by atoms with Gasteiger partial charge in [0.1, 0.15) is 6.61 Å². The average Bonchev–Trinajstić information content (AvgIpc) is 3.48. The van der Waals surface area contributed by atoms with Crippen LogP contribution in [0.3, 0.4) is 0 Å². The van der Waals surface area contributed by atoms with Gasteiger partial charge in [-0.05, 0) is 128 Å². The van der Waals surface area contributed by atoms with E-state index in [1.165, 1.54) is 64.2 Å². The lowest BCUT2D eigenvalue weighted by molar-refractivity contribution is -0.161. The minimum absolute atomic E-state index is 0.0428. The summed E-state index contributed by atoms with van der Waals surface area (Å²) in [6.07, 6.45) is 98.5. The Morgan fingerprint density at radius 2 is 0.627 bits per heavy atom. The molecule has 0 rings (SSSR count). The summed E-state index contributed by atoms with van der Waals surface area (Å²) in [6, 6.07) is 0. The Labute approximate surface area is 508 Å². The van der Waals surface area contributed by atoms with E-state index in [-0.39, 0.29) is 32.6 Å². The van der Waals surface area contributed by atoms with Crippen LogP contribution in [0.25, 0.3) is 0 Å². The Morgan fingerprint density at radius 1 is 0.361 bits per heavy atom. The van der Waals surface area contributed by atoms with Gasteiger partial charge in [-0.25, -0.2) is 4.57 Å². The number of allylic oxidation sites excluding steroid dienone is 28. The second-order valence-corrected chi connectivity index (χ2v) is 22.3. The maximum atomic E-state index is 12.7. The molecule has 0 aromatic heterocycles. The van der Waals surface area contributed by atoms with Gasteiger partial charge in [0.2, 0.25) is 0 Å². The van der Waals surface area contributed by atoms with Crippen LogP contribution in [0.2, 0.25) is 0 Å². The number of phosphoric acid groups is 1. The number of nitrogens with two attached hydrogens (primary N) is 1. The first-order chi connectivity index (χ1) is 40.8. The molecular weight excluding hydrogens is 1050 g/mol. The van der Waals surface area contributed by atoms with Crippen molar-refractivity contribution >= 4 is 19.8 Å². The van der Waals surface area contributed by atoms with Crippen molar-refractivity contribution in [2.45, 2.75) is 251 Å². The number of unbranched alkanes of at least 4 members (excludes halogenated alkanes) is 18. The minimum atomic E-state index is -4.41. The van der Waals surface area contributed by atoms with Crippen LogP contribution in [0.1, 0.15) is 245 Å². The molecule has 0 aliphatic heterocycles. The summed E-state index contributed by atoms with van der Waals surface area (Å²) >= 11 is 0. The Hall–Kier alpha value is -4.63. The highest BCUT2D eigenvalue weighted by Crippen LogP contribution is 2.43. The number of esters is 2. The van der Waals surface area contributed by atoms with Crippen molar-refractivity contribution in [3.8, 4) is 0 Å². The van der Waals surface area contributed by atoms with Gasteiger partial charge in [0.25, 0.3) is 0 Å². The number of rotatable bonds is 59. The maximum absolute atomic E-state index is 12.7. The molecular formula is C73H118NO8P. The van der Waals surface area contributed by atoms with Crippen LogP contribution in [0.4, 0.5) is 0 Å².